The van der Waals surface area contributed by atoms with Gasteiger partial charge in [0.05, 0.1) is 17.1 Å². The van der Waals surface area contributed by atoms with Gasteiger partial charge in [0.2, 0.25) is 5.89 Å². The summed E-state index contributed by atoms with van der Waals surface area (Å²) < 4.78 is 46.0. The van der Waals surface area contributed by atoms with Gasteiger partial charge in [-0.1, -0.05) is 44.1 Å². The molecule has 3 aromatic rings. The molecule has 1 heterocycles. The van der Waals surface area contributed by atoms with Crippen LogP contribution in [0.2, 0.25) is 0 Å². The van der Waals surface area contributed by atoms with E-state index in [9.17, 15) is 12.8 Å². The second kappa shape index (κ2) is 7.11. The van der Waals surface area contributed by atoms with Gasteiger partial charge >= 0.3 is 0 Å². The van der Waals surface area contributed by atoms with E-state index in [1.165, 1.54) is 16.4 Å². The first kappa shape index (κ1) is 19.0. The van der Waals surface area contributed by atoms with Crippen LogP contribution in [0.1, 0.15) is 32.5 Å². The molecule has 3 rings (SSSR count). The van der Waals surface area contributed by atoms with Crippen LogP contribution in [-0.2, 0) is 22.0 Å². The number of aromatic nitrogens is 2. The number of halogens is 1. The molecule has 2 aromatic carbocycles. The lowest BCUT2D eigenvalue weighted by Crippen LogP contribution is -2.31. The monoisotopic (exact) mass is 389 g/mol. The van der Waals surface area contributed by atoms with E-state index in [4.69, 9.17) is 4.52 Å². The molecule has 27 heavy (non-hydrogen) atoms. The predicted octanol–water partition coefficient (Wildman–Crippen LogP) is 3.90. The van der Waals surface area contributed by atoms with Gasteiger partial charge in [-0.25, -0.2) is 12.8 Å². The topological polar surface area (TPSA) is 76.3 Å². The SMILES string of the molecule is CC(C)(C)c1nc(CN(c2ccccc2)S(=O)(=O)c2ccc(F)cc2)no1. The summed E-state index contributed by atoms with van der Waals surface area (Å²) >= 11 is 0. The number of benzene rings is 2. The number of sulfonamides is 1. The van der Waals surface area contributed by atoms with Crippen LogP contribution >= 0.6 is 0 Å². The van der Waals surface area contributed by atoms with Gasteiger partial charge < -0.3 is 4.52 Å². The summed E-state index contributed by atoms with van der Waals surface area (Å²) in [5.41, 5.74) is 0.0995. The zero-order chi connectivity index (χ0) is 19.7. The van der Waals surface area contributed by atoms with E-state index >= 15 is 0 Å². The fourth-order valence-corrected chi connectivity index (χ4v) is 3.81. The largest absolute Gasteiger partial charge is 0.339 e. The number of hydrogen-bond donors (Lipinski definition) is 0. The van der Waals surface area contributed by atoms with E-state index in [0.717, 1.165) is 12.1 Å². The second-order valence-corrected chi connectivity index (χ2v) is 8.93. The molecule has 0 N–H and O–H groups in total. The van der Waals surface area contributed by atoms with E-state index in [-0.39, 0.29) is 22.7 Å². The van der Waals surface area contributed by atoms with Crippen LogP contribution in [0.3, 0.4) is 0 Å². The number of hydrogen-bond acceptors (Lipinski definition) is 5. The highest BCUT2D eigenvalue weighted by atomic mass is 32.2. The minimum atomic E-state index is -3.95. The quantitative estimate of drug-likeness (QED) is 0.661. The van der Waals surface area contributed by atoms with Crippen LogP contribution < -0.4 is 4.31 Å². The van der Waals surface area contributed by atoms with Crippen LogP contribution in [0, 0.1) is 5.82 Å². The van der Waals surface area contributed by atoms with E-state index in [2.05, 4.69) is 10.1 Å². The Labute approximate surface area is 157 Å². The lowest BCUT2D eigenvalue weighted by atomic mass is 9.97. The summed E-state index contributed by atoms with van der Waals surface area (Å²) in [6.07, 6.45) is 0. The van der Waals surface area contributed by atoms with Crippen molar-refractivity contribution in [2.75, 3.05) is 4.31 Å². The number of rotatable bonds is 5. The maximum Gasteiger partial charge on any atom is 0.264 e. The van der Waals surface area contributed by atoms with Gasteiger partial charge in [-0.05, 0) is 36.4 Å². The molecular formula is C19H20FN3O3S. The van der Waals surface area contributed by atoms with Crippen molar-refractivity contribution in [3.63, 3.8) is 0 Å². The molecule has 0 unspecified atom stereocenters. The van der Waals surface area contributed by atoms with Crippen molar-refractivity contribution in [3.05, 3.63) is 72.1 Å². The Morgan fingerprint density at radius 1 is 1.04 bits per heavy atom. The van der Waals surface area contributed by atoms with Gasteiger partial charge in [0, 0.05) is 5.41 Å². The van der Waals surface area contributed by atoms with E-state index in [1.54, 1.807) is 30.3 Å². The van der Waals surface area contributed by atoms with Crippen molar-refractivity contribution in [1.29, 1.82) is 0 Å². The van der Waals surface area contributed by atoms with Crippen LogP contribution in [0.4, 0.5) is 10.1 Å². The molecule has 8 heteroatoms. The lowest BCUT2D eigenvalue weighted by molar-refractivity contribution is 0.318. The van der Waals surface area contributed by atoms with Crippen molar-refractivity contribution in [2.45, 2.75) is 37.6 Å². The predicted molar refractivity (Wildman–Crippen MR) is 99.2 cm³/mol. The molecule has 1 aromatic heterocycles. The Kier molecular flexibility index (Phi) is 5.01. The Morgan fingerprint density at radius 2 is 1.67 bits per heavy atom. The second-order valence-electron chi connectivity index (χ2n) is 7.07. The molecule has 0 amide bonds. The Hall–Kier alpha value is -2.74. The van der Waals surface area contributed by atoms with Gasteiger partial charge in [0.1, 0.15) is 5.82 Å². The standard InChI is InChI=1S/C19H20FN3O3S/c1-19(2,3)18-21-17(22-26-18)13-23(15-7-5-4-6-8-15)27(24,25)16-11-9-14(20)10-12-16/h4-12H,13H2,1-3H3. The van der Waals surface area contributed by atoms with E-state index < -0.39 is 15.8 Å². The van der Waals surface area contributed by atoms with E-state index in [1.807, 2.05) is 20.8 Å². The minimum Gasteiger partial charge on any atom is -0.339 e. The van der Waals surface area contributed by atoms with Crippen molar-refractivity contribution >= 4 is 15.7 Å². The third-order valence-electron chi connectivity index (χ3n) is 3.84. The summed E-state index contributed by atoms with van der Waals surface area (Å²) in [7, 11) is -3.95. The highest BCUT2D eigenvalue weighted by Crippen LogP contribution is 2.26. The van der Waals surface area contributed by atoms with E-state index in [0.29, 0.717) is 11.6 Å². The number of anilines is 1. The van der Waals surface area contributed by atoms with Gasteiger partial charge in [-0.3, -0.25) is 4.31 Å². The zero-order valence-corrected chi connectivity index (χ0v) is 16.1. The summed E-state index contributed by atoms with van der Waals surface area (Å²) in [4.78, 5) is 4.30. The van der Waals surface area contributed by atoms with Crippen LogP contribution in [0.15, 0.2) is 64.0 Å². The summed E-state index contributed by atoms with van der Waals surface area (Å²) in [6.45, 7) is 5.67. The van der Waals surface area contributed by atoms with Gasteiger partial charge in [-0.2, -0.15) is 4.98 Å². The normalized spacial score (nSPS) is 12.1. The Bertz CT molecular complexity index is 1010. The highest BCUT2D eigenvalue weighted by Gasteiger charge is 2.28. The molecule has 0 saturated heterocycles. The number of para-hydroxylation sites is 1. The zero-order valence-electron chi connectivity index (χ0n) is 15.3. The van der Waals surface area contributed by atoms with Crippen LogP contribution in [-0.4, -0.2) is 18.6 Å². The molecule has 142 valence electrons. The maximum absolute atomic E-state index is 13.2. The third-order valence-corrected chi connectivity index (χ3v) is 5.63. The molecule has 0 atom stereocenters. The average molecular weight is 389 g/mol. The maximum atomic E-state index is 13.2. The summed E-state index contributed by atoms with van der Waals surface area (Å²) in [6, 6.07) is 13.3. The highest BCUT2D eigenvalue weighted by molar-refractivity contribution is 7.92. The smallest absolute Gasteiger partial charge is 0.264 e. The molecule has 0 saturated carbocycles. The molecule has 0 fully saturated rings. The fourth-order valence-electron chi connectivity index (χ4n) is 2.39. The molecular weight excluding hydrogens is 369 g/mol. The molecule has 0 bridgehead atoms. The summed E-state index contributed by atoms with van der Waals surface area (Å²) in [5.74, 6) is 0.160. The van der Waals surface area contributed by atoms with Crippen LogP contribution in [0.25, 0.3) is 0 Å². The van der Waals surface area contributed by atoms with Gasteiger partial charge in [0.15, 0.2) is 5.82 Å². The number of nitrogens with zero attached hydrogens (tertiary/aromatic N) is 3. The van der Waals surface area contributed by atoms with Crippen molar-refractivity contribution in [2.24, 2.45) is 0 Å². The lowest BCUT2D eigenvalue weighted by Gasteiger charge is -2.23. The van der Waals surface area contributed by atoms with Crippen LogP contribution in [0.5, 0.6) is 0 Å². The first-order valence-electron chi connectivity index (χ1n) is 8.34. The van der Waals surface area contributed by atoms with Gasteiger partial charge in [-0.15, -0.1) is 0 Å². The molecule has 0 aliphatic carbocycles. The van der Waals surface area contributed by atoms with Crippen molar-refractivity contribution < 1.29 is 17.3 Å². The fraction of sp³-hybridized carbons (Fsp3) is 0.263. The summed E-state index contributed by atoms with van der Waals surface area (Å²) in [5, 5.41) is 3.92. The first-order valence-corrected chi connectivity index (χ1v) is 9.78. The molecule has 6 nitrogen and oxygen atoms in total. The molecule has 0 radical (unpaired) electrons. The Morgan fingerprint density at radius 3 is 2.22 bits per heavy atom. The average Bonchev–Trinajstić information content (AvgIpc) is 3.10. The molecule has 0 aliphatic heterocycles. The molecule has 0 spiro atoms. The molecule has 0 aliphatic rings. The van der Waals surface area contributed by atoms with Gasteiger partial charge in [0.25, 0.3) is 10.0 Å². The minimum absolute atomic E-state index is 0.0210. The Balaban J connectivity index is 2.02. The first-order chi connectivity index (χ1) is 12.7. The van der Waals surface area contributed by atoms with Crippen molar-refractivity contribution in [1.82, 2.24) is 10.1 Å². The third kappa shape index (κ3) is 4.16. The van der Waals surface area contributed by atoms with Crippen molar-refractivity contribution in [3.8, 4) is 0 Å².